The number of benzene rings is 3. The molecule has 0 aliphatic rings. The van der Waals surface area contributed by atoms with Crippen molar-refractivity contribution in [2.45, 2.75) is 0 Å². The van der Waals surface area contributed by atoms with Gasteiger partial charge in [-0.1, -0.05) is 60.7 Å². The highest BCUT2D eigenvalue weighted by molar-refractivity contribution is 5.96. The summed E-state index contributed by atoms with van der Waals surface area (Å²) in [6, 6.07) is 23.1. The monoisotopic (exact) mass is 287 g/mol. The summed E-state index contributed by atoms with van der Waals surface area (Å²) in [7, 11) is 0. The molecule has 0 saturated heterocycles. The van der Waals surface area contributed by atoms with Gasteiger partial charge in [-0.3, -0.25) is 0 Å². The molecule has 2 heteroatoms. The quantitative estimate of drug-likeness (QED) is 0.491. The van der Waals surface area contributed by atoms with Crippen molar-refractivity contribution in [3.05, 3.63) is 84.8 Å². The van der Waals surface area contributed by atoms with Crippen LogP contribution in [0.5, 0.6) is 0 Å². The first-order chi connectivity index (χ1) is 10.8. The lowest BCUT2D eigenvalue weighted by Gasteiger charge is -2.10. The molecule has 106 valence electrons. The average Bonchev–Trinajstić information content (AvgIpc) is 3.05. The Morgan fingerprint density at radius 2 is 1.36 bits per heavy atom. The number of halogens is 1. The van der Waals surface area contributed by atoms with Crippen LogP contribution in [0.4, 0.5) is 4.39 Å². The van der Waals surface area contributed by atoms with Crippen molar-refractivity contribution >= 4 is 10.9 Å². The SMILES string of the molecule is Fc1c(-c2ccccc2)cccc1-c1cccc2[nH]ccc12. The van der Waals surface area contributed by atoms with E-state index in [1.807, 2.05) is 79.0 Å². The molecule has 0 atom stereocenters. The summed E-state index contributed by atoms with van der Waals surface area (Å²) in [4.78, 5) is 3.17. The molecule has 0 aliphatic heterocycles. The predicted octanol–water partition coefficient (Wildman–Crippen LogP) is 5.64. The predicted molar refractivity (Wildman–Crippen MR) is 89.1 cm³/mol. The Bertz CT molecular complexity index is 938. The van der Waals surface area contributed by atoms with Gasteiger partial charge in [-0.05, 0) is 23.3 Å². The summed E-state index contributed by atoms with van der Waals surface area (Å²) in [5.41, 5.74) is 4.08. The van der Waals surface area contributed by atoms with Crippen LogP contribution in [0.15, 0.2) is 79.0 Å². The van der Waals surface area contributed by atoms with E-state index in [1.165, 1.54) is 0 Å². The first kappa shape index (κ1) is 12.8. The molecule has 3 aromatic carbocycles. The molecule has 0 spiro atoms. The van der Waals surface area contributed by atoms with Gasteiger partial charge in [0.05, 0.1) is 0 Å². The fourth-order valence-electron chi connectivity index (χ4n) is 2.90. The molecule has 0 unspecified atom stereocenters. The van der Waals surface area contributed by atoms with Crippen LogP contribution in [-0.4, -0.2) is 4.98 Å². The van der Waals surface area contributed by atoms with Crippen molar-refractivity contribution in [1.29, 1.82) is 0 Å². The topological polar surface area (TPSA) is 15.8 Å². The number of hydrogen-bond acceptors (Lipinski definition) is 0. The van der Waals surface area contributed by atoms with Crippen LogP contribution in [0, 0.1) is 5.82 Å². The molecule has 0 amide bonds. The van der Waals surface area contributed by atoms with Gasteiger partial charge in [0.2, 0.25) is 0 Å². The van der Waals surface area contributed by atoms with E-state index in [-0.39, 0.29) is 5.82 Å². The average molecular weight is 287 g/mol. The van der Waals surface area contributed by atoms with E-state index in [4.69, 9.17) is 0 Å². The first-order valence-electron chi connectivity index (χ1n) is 7.25. The fraction of sp³-hybridized carbons (Fsp3) is 0. The van der Waals surface area contributed by atoms with Crippen LogP contribution in [0.3, 0.4) is 0 Å². The van der Waals surface area contributed by atoms with Gasteiger partial charge in [0.1, 0.15) is 5.82 Å². The van der Waals surface area contributed by atoms with Gasteiger partial charge < -0.3 is 4.98 Å². The second-order valence-corrected chi connectivity index (χ2v) is 5.28. The minimum absolute atomic E-state index is 0.178. The zero-order chi connectivity index (χ0) is 14.9. The Hall–Kier alpha value is -2.87. The normalized spacial score (nSPS) is 11.0. The molecule has 1 aromatic heterocycles. The third-order valence-corrected chi connectivity index (χ3v) is 3.97. The molecule has 0 bridgehead atoms. The Balaban J connectivity index is 1.96. The standard InChI is InChI=1S/C20H14FN/c21-20-15(14-6-2-1-3-7-14)8-4-10-18(20)16-9-5-11-19-17(16)12-13-22-19/h1-13,22H. The number of nitrogens with one attached hydrogen (secondary N) is 1. The minimum atomic E-state index is -0.178. The molecule has 4 aromatic rings. The zero-order valence-corrected chi connectivity index (χ0v) is 11.9. The molecule has 0 fully saturated rings. The van der Waals surface area contributed by atoms with Crippen molar-refractivity contribution in [2.75, 3.05) is 0 Å². The molecule has 1 heterocycles. The smallest absolute Gasteiger partial charge is 0.138 e. The van der Waals surface area contributed by atoms with Crippen LogP contribution >= 0.6 is 0 Å². The zero-order valence-electron chi connectivity index (χ0n) is 11.9. The Morgan fingerprint density at radius 1 is 0.636 bits per heavy atom. The van der Waals surface area contributed by atoms with E-state index in [2.05, 4.69) is 4.98 Å². The van der Waals surface area contributed by atoms with Crippen molar-refractivity contribution in [3.63, 3.8) is 0 Å². The molecule has 1 N–H and O–H groups in total. The van der Waals surface area contributed by atoms with Gasteiger partial charge in [0, 0.05) is 28.2 Å². The Labute approximate surface area is 128 Å². The maximum Gasteiger partial charge on any atom is 0.138 e. The van der Waals surface area contributed by atoms with E-state index in [0.29, 0.717) is 11.1 Å². The molecule has 1 nitrogen and oxygen atoms in total. The van der Waals surface area contributed by atoms with Crippen molar-refractivity contribution < 1.29 is 4.39 Å². The van der Waals surface area contributed by atoms with E-state index in [1.54, 1.807) is 0 Å². The lowest BCUT2D eigenvalue weighted by Crippen LogP contribution is -1.90. The van der Waals surface area contributed by atoms with Crippen LogP contribution < -0.4 is 0 Å². The van der Waals surface area contributed by atoms with E-state index >= 15 is 4.39 Å². The molecule has 22 heavy (non-hydrogen) atoms. The highest BCUT2D eigenvalue weighted by atomic mass is 19.1. The molecule has 0 saturated carbocycles. The molecular formula is C20H14FN. The molecule has 0 aliphatic carbocycles. The summed E-state index contributed by atoms with van der Waals surface area (Å²) >= 11 is 0. The maximum atomic E-state index is 15.1. The summed E-state index contributed by atoms with van der Waals surface area (Å²) in [6.07, 6.45) is 1.88. The van der Waals surface area contributed by atoms with Crippen LogP contribution in [0.1, 0.15) is 0 Å². The van der Waals surface area contributed by atoms with E-state index in [0.717, 1.165) is 22.0 Å². The van der Waals surface area contributed by atoms with Crippen LogP contribution in [-0.2, 0) is 0 Å². The number of hydrogen-bond donors (Lipinski definition) is 1. The van der Waals surface area contributed by atoms with Gasteiger partial charge in [0.15, 0.2) is 0 Å². The number of aromatic nitrogens is 1. The van der Waals surface area contributed by atoms with Crippen molar-refractivity contribution in [1.82, 2.24) is 4.98 Å². The van der Waals surface area contributed by atoms with E-state index < -0.39 is 0 Å². The third-order valence-electron chi connectivity index (χ3n) is 3.97. The number of rotatable bonds is 2. The Kier molecular flexibility index (Phi) is 3.01. The molecule has 0 radical (unpaired) electrons. The second kappa shape index (κ2) is 5.15. The number of aromatic amines is 1. The van der Waals surface area contributed by atoms with Gasteiger partial charge in [-0.2, -0.15) is 0 Å². The maximum absolute atomic E-state index is 15.1. The highest BCUT2D eigenvalue weighted by Gasteiger charge is 2.13. The summed E-state index contributed by atoms with van der Waals surface area (Å²) in [5, 5.41) is 1.03. The van der Waals surface area contributed by atoms with E-state index in [9.17, 15) is 0 Å². The molecule has 4 rings (SSSR count). The Morgan fingerprint density at radius 3 is 2.23 bits per heavy atom. The van der Waals surface area contributed by atoms with Gasteiger partial charge >= 0.3 is 0 Å². The van der Waals surface area contributed by atoms with Crippen molar-refractivity contribution in [2.24, 2.45) is 0 Å². The summed E-state index contributed by atoms with van der Waals surface area (Å²) < 4.78 is 15.1. The highest BCUT2D eigenvalue weighted by Crippen LogP contribution is 2.34. The number of fused-ring (bicyclic) bond motifs is 1. The molecular weight excluding hydrogens is 273 g/mol. The van der Waals surface area contributed by atoms with Crippen LogP contribution in [0.2, 0.25) is 0 Å². The van der Waals surface area contributed by atoms with Crippen molar-refractivity contribution in [3.8, 4) is 22.3 Å². The minimum Gasteiger partial charge on any atom is -0.361 e. The van der Waals surface area contributed by atoms with Crippen LogP contribution in [0.25, 0.3) is 33.2 Å². The second-order valence-electron chi connectivity index (χ2n) is 5.28. The van der Waals surface area contributed by atoms with Gasteiger partial charge in [-0.25, -0.2) is 4.39 Å². The summed E-state index contributed by atoms with van der Waals surface area (Å²) in [6.45, 7) is 0. The lowest BCUT2D eigenvalue weighted by atomic mass is 9.96. The fourth-order valence-corrected chi connectivity index (χ4v) is 2.90. The first-order valence-corrected chi connectivity index (χ1v) is 7.25. The number of H-pyrrole nitrogens is 1. The van der Waals surface area contributed by atoms with Gasteiger partial charge in [0.25, 0.3) is 0 Å². The lowest BCUT2D eigenvalue weighted by molar-refractivity contribution is 0.635. The summed E-state index contributed by atoms with van der Waals surface area (Å²) in [5.74, 6) is -0.178. The van der Waals surface area contributed by atoms with Gasteiger partial charge in [-0.15, -0.1) is 0 Å². The largest absolute Gasteiger partial charge is 0.361 e. The third kappa shape index (κ3) is 2.01.